The Morgan fingerprint density at radius 1 is 1.41 bits per heavy atom. The van der Waals surface area contributed by atoms with Gasteiger partial charge in [0.05, 0.1) is 17.8 Å². The van der Waals surface area contributed by atoms with E-state index in [0.717, 1.165) is 0 Å². The highest BCUT2D eigenvalue weighted by Crippen LogP contribution is 2.35. The summed E-state index contributed by atoms with van der Waals surface area (Å²) in [6, 6.07) is 7.19. The maximum absolute atomic E-state index is 13.4. The molecule has 5 heteroatoms. The van der Waals surface area contributed by atoms with Crippen molar-refractivity contribution in [3.05, 3.63) is 28.2 Å². The number of piperidine rings is 1. The Labute approximate surface area is 107 Å². The molecule has 1 saturated heterocycles. The summed E-state index contributed by atoms with van der Waals surface area (Å²) in [5, 5.41) is 9.02. The smallest absolute Gasteiger partial charge is 0.265 e. The van der Waals surface area contributed by atoms with Crippen molar-refractivity contribution in [2.45, 2.75) is 18.8 Å². The molecule has 0 N–H and O–H groups in total. The molecular weight excluding hydrogens is 290 g/mol. The average Bonchev–Trinajstić information content (AvgIpc) is 2.27. The molecule has 1 aliphatic rings. The highest BCUT2D eigenvalue weighted by Gasteiger charge is 2.36. The number of nitrogens with zero attached hydrogens (tertiary/aromatic N) is 2. The van der Waals surface area contributed by atoms with E-state index in [0.29, 0.717) is 28.7 Å². The molecule has 0 spiro atoms. The largest absolute Gasteiger partial charge is 0.364 e. The molecule has 1 aromatic rings. The summed E-state index contributed by atoms with van der Waals surface area (Å²) in [5.41, 5.74) is 1.01. The van der Waals surface area contributed by atoms with Gasteiger partial charge in [-0.15, -0.1) is 0 Å². The lowest BCUT2D eigenvalue weighted by atomic mass is 10.0. The fourth-order valence-corrected chi connectivity index (χ4v) is 2.70. The van der Waals surface area contributed by atoms with Crippen LogP contribution < -0.4 is 4.90 Å². The van der Waals surface area contributed by atoms with E-state index in [1.807, 2.05) is 6.07 Å². The number of anilines is 1. The van der Waals surface area contributed by atoms with Crippen molar-refractivity contribution >= 4 is 21.6 Å². The lowest BCUT2D eigenvalue weighted by Crippen LogP contribution is -2.43. The van der Waals surface area contributed by atoms with Gasteiger partial charge in [-0.05, 0) is 34.5 Å². The highest BCUT2D eigenvalue weighted by atomic mass is 79.9. The van der Waals surface area contributed by atoms with Crippen LogP contribution in [-0.2, 0) is 0 Å². The third-order valence-electron chi connectivity index (χ3n) is 2.82. The minimum absolute atomic E-state index is 0.0736. The number of halogens is 3. The van der Waals surface area contributed by atoms with Crippen molar-refractivity contribution in [3.63, 3.8) is 0 Å². The number of rotatable bonds is 1. The van der Waals surface area contributed by atoms with Crippen LogP contribution >= 0.6 is 15.9 Å². The number of benzene rings is 1. The Hall–Kier alpha value is -1.15. The van der Waals surface area contributed by atoms with Crippen LogP contribution in [0.3, 0.4) is 0 Å². The molecule has 1 heterocycles. The maximum Gasteiger partial charge on any atom is 0.265 e. The van der Waals surface area contributed by atoms with Gasteiger partial charge in [-0.3, -0.25) is 0 Å². The van der Waals surface area contributed by atoms with Crippen molar-refractivity contribution in [2.75, 3.05) is 18.0 Å². The summed E-state index contributed by atoms with van der Waals surface area (Å²) in [4.78, 5) is 1.59. The van der Waals surface area contributed by atoms with Crippen molar-refractivity contribution in [1.82, 2.24) is 0 Å². The van der Waals surface area contributed by atoms with E-state index < -0.39 is 5.92 Å². The van der Waals surface area contributed by atoms with E-state index in [2.05, 4.69) is 15.9 Å². The quantitative estimate of drug-likeness (QED) is 0.793. The summed E-state index contributed by atoms with van der Waals surface area (Å²) in [6.07, 6.45) is 0.370. The summed E-state index contributed by atoms with van der Waals surface area (Å²) in [5.74, 6) is -2.67. The molecule has 1 aliphatic heterocycles. The van der Waals surface area contributed by atoms with E-state index in [9.17, 15) is 8.78 Å². The number of hydrogen-bond acceptors (Lipinski definition) is 2. The first-order valence-electron chi connectivity index (χ1n) is 5.35. The number of alkyl halides is 2. The predicted octanol–water partition coefficient (Wildman–Crippen LogP) is 3.56. The first-order valence-corrected chi connectivity index (χ1v) is 6.14. The molecule has 0 unspecified atom stereocenters. The second-order valence-corrected chi connectivity index (χ2v) is 4.98. The lowest BCUT2D eigenvalue weighted by Gasteiger charge is -2.35. The number of hydrogen-bond donors (Lipinski definition) is 0. The standard InChI is InChI=1S/C12H11BrF2N2/c13-10-4-1-3-9(7-16)11(10)17-6-2-5-12(14,15)8-17/h1,3-4H,2,5-6,8H2. The van der Waals surface area contributed by atoms with Gasteiger partial charge in [-0.25, -0.2) is 8.78 Å². The number of nitriles is 1. The van der Waals surface area contributed by atoms with Crippen LogP contribution in [0.15, 0.2) is 22.7 Å². The van der Waals surface area contributed by atoms with Crippen molar-refractivity contribution in [2.24, 2.45) is 0 Å². The molecular formula is C12H11BrF2N2. The Morgan fingerprint density at radius 2 is 2.18 bits per heavy atom. The first kappa shape index (κ1) is 12.3. The maximum atomic E-state index is 13.4. The van der Waals surface area contributed by atoms with Gasteiger partial charge in [0.1, 0.15) is 6.07 Å². The van der Waals surface area contributed by atoms with E-state index in [4.69, 9.17) is 5.26 Å². The third-order valence-corrected chi connectivity index (χ3v) is 3.46. The SMILES string of the molecule is N#Cc1cccc(Br)c1N1CCCC(F)(F)C1. The molecule has 1 fully saturated rings. The van der Waals surface area contributed by atoms with Gasteiger partial charge in [0.2, 0.25) is 0 Å². The molecule has 0 amide bonds. The Kier molecular flexibility index (Phi) is 3.34. The van der Waals surface area contributed by atoms with Gasteiger partial charge in [0, 0.05) is 17.4 Å². The predicted molar refractivity (Wildman–Crippen MR) is 65.3 cm³/mol. The molecule has 0 atom stereocenters. The first-order chi connectivity index (χ1) is 8.03. The average molecular weight is 301 g/mol. The molecule has 1 aromatic carbocycles. The molecule has 0 radical (unpaired) electrons. The minimum Gasteiger partial charge on any atom is -0.364 e. The molecule has 0 saturated carbocycles. The van der Waals surface area contributed by atoms with E-state index in [-0.39, 0.29) is 13.0 Å². The molecule has 0 aliphatic carbocycles. The van der Waals surface area contributed by atoms with Crippen molar-refractivity contribution < 1.29 is 8.78 Å². The fourth-order valence-electron chi connectivity index (χ4n) is 2.08. The van der Waals surface area contributed by atoms with Gasteiger partial charge in [-0.2, -0.15) is 5.26 Å². The van der Waals surface area contributed by atoms with E-state index in [1.165, 1.54) is 0 Å². The molecule has 0 aromatic heterocycles. The highest BCUT2D eigenvalue weighted by molar-refractivity contribution is 9.10. The zero-order valence-corrected chi connectivity index (χ0v) is 10.7. The summed E-state index contributed by atoms with van der Waals surface area (Å²) in [7, 11) is 0. The monoisotopic (exact) mass is 300 g/mol. The molecule has 2 nitrogen and oxygen atoms in total. The topological polar surface area (TPSA) is 27.0 Å². The number of para-hydroxylation sites is 1. The summed E-state index contributed by atoms with van der Waals surface area (Å²) in [6.45, 7) is 0.247. The fraction of sp³-hybridized carbons (Fsp3) is 0.417. The van der Waals surface area contributed by atoms with Gasteiger partial charge >= 0.3 is 0 Å². The van der Waals surface area contributed by atoms with Crippen LogP contribution in [0.25, 0.3) is 0 Å². The lowest BCUT2D eigenvalue weighted by molar-refractivity contribution is -0.0117. The molecule has 90 valence electrons. The van der Waals surface area contributed by atoms with Crippen LogP contribution in [0.5, 0.6) is 0 Å². The summed E-state index contributed by atoms with van der Waals surface area (Å²) >= 11 is 3.32. The van der Waals surface area contributed by atoms with Crippen LogP contribution in [0, 0.1) is 11.3 Å². The van der Waals surface area contributed by atoms with Crippen LogP contribution in [0.4, 0.5) is 14.5 Å². The zero-order valence-electron chi connectivity index (χ0n) is 9.09. The minimum atomic E-state index is -2.67. The van der Waals surface area contributed by atoms with E-state index in [1.54, 1.807) is 23.1 Å². The summed E-state index contributed by atoms with van der Waals surface area (Å²) < 4.78 is 27.4. The van der Waals surface area contributed by atoms with Crippen LogP contribution in [0.2, 0.25) is 0 Å². The second kappa shape index (κ2) is 4.61. The second-order valence-electron chi connectivity index (χ2n) is 4.13. The third kappa shape index (κ3) is 2.58. The van der Waals surface area contributed by atoms with Crippen molar-refractivity contribution in [3.8, 4) is 6.07 Å². The molecule has 17 heavy (non-hydrogen) atoms. The van der Waals surface area contributed by atoms with Gasteiger partial charge in [0.15, 0.2) is 0 Å². The van der Waals surface area contributed by atoms with Gasteiger partial charge in [0.25, 0.3) is 5.92 Å². The Bertz CT molecular complexity index is 468. The van der Waals surface area contributed by atoms with Crippen LogP contribution in [0.1, 0.15) is 18.4 Å². The zero-order chi connectivity index (χ0) is 12.5. The Balaban J connectivity index is 2.37. The molecule has 2 rings (SSSR count). The van der Waals surface area contributed by atoms with Crippen molar-refractivity contribution in [1.29, 1.82) is 5.26 Å². The Morgan fingerprint density at radius 3 is 2.82 bits per heavy atom. The van der Waals surface area contributed by atoms with Gasteiger partial charge < -0.3 is 4.90 Å². The molecule has 0 bridgehead atoms. The van der Waals surface area contributed by atoms with Crippen LogP contribution in [-0.4, -0.2) is 19.0 Å². The van der Waals surface area contributed by atoms with Gasteiger partial charge in [-0.1, -0.05) is 6.07 Å². The van der Waals surface area contributed by atoms with E-state index >= 15 is 0 Å². The normalized spacial score (nSPS) is 18.8.